The van der Waals surface area contributed by atoms with Crippen LogP contribution in [-0.4, -0.2) is 6.54 Å². The molecule has 0 spiro atoms. The van der Waals surface area contributed by atoms with Crippen LogP contribution in [0.4, 0.5) is 4.39 Å². The second kappa shape index (κ2) is 7.39. The van der Waals surface area contributed by atoms with Gasteiger partial charge in [-0.2, -0.15) is 0 Å². The summed E-state index contributed by atoms with van der Waals surface area (Å²) < 4.78 is 15.3. The number of nitrogens with one attached hydrogen (secondary N) is 1. The Morgan fingerprint density at radius 2 is 2.00 bits per heavy atom. The first-order valence-corrected chi connectivity index (χ1v) is 8.14. The third-order valence-corrected chi connectivity index (χ3v) is 4.51. The zero-order valence-electron chi connectivity index (χ0n) is 12.1. The van der Waals surface area contributed by atoms with Gasteiger partial charge in [0.25, 0.3) is 0 Å². The monoisotopic (exact) mass is 369 g/mol. The Morgan fingerprint density at radius 1 is 1.24 bits per heavy atom. The van der Waals surface area contributed by atoms with Gasteiger partial charge in [-0.3, -0.25) is 0 Å². The molecule has 0 aliphatic heterocycles. The number of hydrogen-bond acceptors (Lipinski definition) is 1. The van der Waals surface area contributed by atoms with Crippen LogP contribution >= 0.6 is 27.5 Å². The van der Waals surface area contributed by atoms with Gasteiger partial charge in [0.2, 0.25) is 0 Å². The van der Waals surface area contributed by atoms with E-state index in [1.165, 1.54) is 6.07 Å². The van der Waals surface area contributed by atoms with Crippen molar-refractivity contribution in [3.05, 3.63) is 68.4 Å². The van der Waals surface area contributed by atoms with Gasteiger partial charge in [-0.1, -0.05) is 52.7 Å². The van der Waals surface area contributed by atoms with E-state index in [1.807, 2.05) is 19.1 Å². The van der Waals surface area contributed by atoms with Crippen LogP contribution in [0.5, 0.6) is 0 Å². The number of benzene rings is 2. The van der Waals surface area contributed by atoms with Crippen LogP contribution in [0.25, 0.3) is 0 Å². The van der Waals surface area contributed by atoms with Crippen LogP contribution in [0.15, 0.2) is 40.9 Å². The lowest BCUT2D eigenvalue weighted by atomic mass is 9.96. The Morgan fingerprint density at radius 3 is 2.62 bits per heavy atom. The Labute approximate surface area is 138 Å². The van der Waals surface area contributed by atoms with E-state index in [1.54, 1.807) is 12.1 Å². The van der Waals surface area contributed by atoms with Crippen LogP contribution < -0.4 is 5.32 Å². The Kier molecular flexibility index (Phi) is 5.80. The van der Waals surface area contributed by atoms with E-state index in [4.69, 9.17) is 11.6 Å². The van der Waals surface area contributed by atoms with E-state index in [0.29, 0.717) is 10.6 Å². The number of hydrogen-bond donors (Lipinski definition) is 1. The van der Waals surface area contributed by atoms with Crippen molar-refractivity contribution in [3.63, 3.8) is 0 Å². The van der Waals surface area contributed by atoms with E-state index in [-0.39, 0.29) is 11.9 Å². The molecule has 1 atom stereocenters. The standard InChI is InChI=1S/C17H18BrClFN/c1-3-8-21-17(12-4-7-15(18)11(2)9-12)14-6-5-13(19)10-16(14)20/h4-7,9-10,17,21H,3,8H2,1-2H3. The first kappa shape index (κ1) is 16.5. The molecule has 1 unspecified atom stereocenters. The lowest BCUT2D eigenvalue weighted by Crippen LogP contribution is -2.24. The molecule has 0 aliphatic rings. The molecular formula is C17H18BrClFN. The van der Waals surface area contributed by atoms with E-state index >= 15 is 0 Å². The van der Waals surface area contributed by atoms with Crippen molar-refractivity contribution >= 4 is 27.5 Å². The van der Waals surface area contributed by atoms with Crippen LogP contribution in [0, 0.1) is 12.7 Å². The average Bonchev–Trinajstić information content (AvgIpc) is 2.44. The van der Waals surface area contributed by atoms with Crippen molar-refractivity contribution in [2.75, 3.05) is 6.54 Å². The molecule has 2 rings (SSSR count). The molecule has 2 aromatic carbocycles. The molecular weight excluding hydrogens is 353 g/mol. The fraction of sp³-hybridized carbons (Fsp3) is 0.294. The lowest BCUT2D eigenvalue weighted by molar-refractivity contribution is 0.546. The first-order valence-electron chi connectivity index (χ1n) is 6.97. The van der Waals surface area contributed by atoms with Gasteiger partial charge in [0.15, 0.2) is 0 Å². The number of halogens is 3. The van der Waals surface area contributed by atoms with Gasteiger partial charge in [0.1, 0.15) is 5.82 Å². The topological polar surface area (TPSA) is 12.0 Å². The Bertz CT molecular complexity index is 630. The van der Waals surface area contributed by atoms with Crippen LogP contribution in [0.2, 0.25) is 5.02 Å². The first-order chi connectivity index (χ1) is 10.0. The molecule has 0 saturated carbocycles. The van der Waals surface area contributed by atoms with Gasteiger partial charge in [0, 0.05) is 15.1 Å². The van der Waals surface area contributed by atoms with Crippen molar-refractivity contribution < 1.29 is 4.39 Å². The molecule has 0 aromatic heterocycles. The summed E-state index contributed by atoms with van der Waals surface area (Å²) in [5, 5.41) is 3.82. The van der Waals surface area contributed by atoms with Crippen molar-refractivity contribution in [1.29, 1.82) is 0 Å². The second-order valence-corrected chi connectivity index (χ2v) is 6.35. The quantitative estimate of drug-likeness (QED) is 0.718. The fourth-order valence-electron chi connectivity index (χ4n) is 2.28. The number of rotatable bonds is 5. The van der Waals surface area contributed by atoms with Gasteiger partial charge >= 0.3 is 0 Å². The molecule has 0 radical (unpaired) electrons. The molecule has 0 amide bonds. The van der Waals surface area contributed by atoms with Crippen LogP contribution in [-0.2, 0) is 0 Å². The Balaban J connectivity index is 2.44. The Hall–Kier alpha value is -0.900. The van der Waals surface area contributed by atoms with Crippen molar-refractivity contribution in [1.82, 2.24) is 5.32 Å². The van der Waals surface area contributed by atoms with Crippen LogP contribution in [0.3, 0.4) is 0 Å². The second-order valence-electron chi connectivity index (χ2n) is 5.06. The summed E-state index contributed by atoms with van der Waals surface area (Å²) in [7, 11) is 0. The highest BCUT2D eigenvalue weighted by Crippen LogP contribution is 2.29. The lowest BCUT2D eigenvalue weighted by Gasteiger charge is -2.21. The molecule has 0 fully saturated rings. The highest BCUT2D eigenvalue weighted by atomic mass is 79.9. The van der Waals surface area contributed by atoms with Crippen LogP contribution in [0.1, 0.15) is 36.1 Å². The minimum Gasteiger partial charge on any atom is -0.306 e. The molecule has 1 N–H and O–H groups in total. The zero-order valence-corrected chi connectivity index (χ0v) is 14.4. The third-order valence-electron chi connectivity index (χ3n) is 3.39. The molecule has 1 nitrogen and oxygen atoms in total. The van der Waals surface area contributed by atoms with Gasteiger partial charge in [-0.05, 0) is 49.2 Å². The normalized spacial score (nSPS) is 12.4. The molecule has 2 aromatic rings. The minimum absolute atomic E-state index is 0.172. The van der Waals surface area contributed by atoms with Crippen molar-refractivity contribution in [3.8, 4) is 0 Å². The van der Waals surface area contributed by atoms with E-state index in [2.05, 4.69) is 34.2 Å². The maximum Gasteiger partial charge on any atom is 0.129 e. The largest absolute Gasteiger partial charge is 0.306 e. The smallest absolute Gasteiger partial charge is 0.129 e. The summed E-state index contributed by atoms with van der Waals surface area (Å²) in [6.07, 6.45) is 0.987. The summed E-state index contributed by atoms with van der Waals surface area (Å²) in [4.78, 5) is 0. The highest BCUT2D eigenvalue weighted by Gasteiger charge is 2.18. The summed E-state index contributed by atoms with van der Waals surface area (Å²) >= 11 is 9.35. The molecule has 112 valence electrons. The van der Waals surface area contributed by atoms with Gasteiger partial charge < -0.3 is 5.32 Å². The predicted molar refractivity (Wildman–Crippen MR) is 90.4 cm³/mol. The summed E-state index contributed by atoms with van der Waals surface area (Å²) in [5.74, 6) is -0.281. The summed E-state index contributed by atoms with van der Waals surface area (Å²) in [6, 6.07) is 10.8. The minimum atomic E-state index is -0.281. The molecule has 0 saturated heterocycles. The fourth-order valence-corrected chi connectivity index (χ4v) is 2.68. The summed E-state index contributed by atoms with van der Waals surface area (Å²) in [5.41, 5.74) is 2.80. The van der Waals surface area contributed by atoms with E-state index in [0.717, 1.165) is 28.6 Å². The average molecular weight is 371 g/mol. The van der Waals surface area contributed by atoms with Crippen molar-refractivity contribution in [2.24, 2.45) is 0 Å². The van der Waals surface area contributed by atoms with Gasteiger partial charge in [0.05, 0.1) is 6.04 Å². The molecule has 0 aliphatic carbocycles. The maximum absolute atomic E-state index is 14.3. The third kappa shape index (κ3) is 4.06. The van der Waals surface area contributed by atoms with E-state index < -0.39 is 0 Å². The maximum atomic E-state index is 14.3. The molecule has 0 bridgehead atoms. The summed E-state index contributed by atoms with van der Waals surface area (Å²) in [6.45, 7) is 4.94. The SMILES string of the molecule is CCCNC(c1ccc(Br)c(C)c1)c1ccc(Cl)cc1F. The molecule has 4 heteroatoms. The zero-order chi connectivity index (χ0) is 15.4. The van der Waals surface area contributed by atoms with E-state index in [9.17, 15) is 4.39 Å². The predicted octanol–water partition coefficient (Wildman–Crippen LogP) is 5.64. The van der Waals surface area contributed by atoms with Gasteiger partial charge in [-0.25, -0.2) is 4.39 Å². The molecule has 21 heavy (non-hydrogen) atoms. The molecule has 0 heterocycles. The van der Waals surface area contributed by atoms with Gasteiger partial charge in [-0.15, -0.1) is 0 Å². The van der Waals surface area contributed by atoms with Crippen molar-refractivity contribution in [2.45, 2.75) is 26.3 Å². The number of aryl methyl sites for hydroxylation is 1. The highest BCUT2D eigenvalue weighted by molar-refractivity contribution is 9.10.